The maximum Gasteiger partial charge on any atom is 0.391 e. The Morgan fingerprint density at radius 2 is 2.00 bits per heavy atom. The molecule has 0 aromatic rings. The van der Waals surface area contributed by atoms with Gasteiger partial charge in [-0.25, -0.2) is 8.78 Å². The van der Waals surface area contributed by atoms with E-state index in [1.54, 1.807) is 0 Å². The highest BCUT2D eigenvalue weighted by Crippen LogP contribution is 2.26. The van der Waals surface area contributed by atoms with Gasteiger partial charge in [0.2, 0.25) is 0 Å². The van der Waals surface area contributed by atoms with Crippen LogP contribution in [-0.2, 0) is 0 Å². The largest absolute Gasteiger partial charge is 0.391 e. The van der Waals surface area contributed by atoms with Gasteiger partial charge in [0.1, 0.15) is 6.54 Å². The van der Waals surface area contributed by atoms with Crippen molar-refractivity contribution in [2.75, 3.05) is 6.54 Å². The topological polar surface area (TPSA) is 15.6 Å². The number of alkyl halides is 5. The van der Waals surface area contributed by atoms with Gasteiger partial charge < -0.3 is 4.90 Å². The summed E-state index contributed by atoms with van der Waals surface area (Å²) in [6, 6.07) is -1.24. The van der Waals surface area contributed by atoms with Gasteiger partial charge in [-0.3, -0.25) is 4.99 Å². The normalized spacial score (nSPS) is 22.4. The van der Waals surface area contributed by atoms with Crippen molar-refractivity contribution in [2.45, 2.75) is 25.1 Å². The van der Waals surface area contributed by atoms with Crippen molar-refractivity contribution >= 4 is 6.34 Å². The van der Waals surface area contributed by atoms with Crippen molar-refractivity contribution in [3.63, 3.8) is 0 Å². The van der Waals surface area contributed by atoms with Gasteiger partial charge in [0.05, 0.1) is 19.0 Å². The second-order valence-electron chi connectivity index (χ2n) is 2.69. The van der Waals surface area contributed by atoms with E-state index in [9.17, 15) is 22.0 Å². The molecule has 0 saturated carbocycles. The first-order valence-corrected chi connectivity index (χ1v) is 3.71. The third-order valence-corrected chi connectivity index (χ3v) is 1.38. The highest BCUT2D eigenvalue weighted by Gasteiger charge is 2.35. The number of nitrogens with zero attached hydrogens (tertiary/aromatic N) is 2. The van der Waals surface area contributed by atoms with Crippen LogP contribution < -0.4 is 0 Å². The average Bonchev–Trinajstić information content (AvgIpc) is 2.30. The van der Waals surface area contributed by atoms with Crippen molar-refractivity contribution < 1.29 is 22.0 Å². The van der Waals surface area contributed by atoms with Crippen LogP contribution in [0.3, 0.4) is 0 Å². The lowest BCUT2D eigenvalue weighted by Gasteiger charge is -2.13. The van der Waals surface area contributed by atoms with Crippen LogP contribution >= 0.6 is 0 Å². The Labute approximate surface area is 77.4 Å². The first-order chi connectivity index (χ1) is 6.37. The molecule has 79 valence electrons. The van der Waals surface area contributed by atoms with E-state index in [0.29, 0.717) is 0 Å². The van der Waals surface area contributed by atoms with Crippen LogP contribution in [-0.4, -0.2) is 36.4 Å². The lowest BCUT2D eigenvalue weighted by molar-refractivity contribution is -0.136. The zero-order chi connectivity index (χ0) is 10.8. The van der Waals surface area contributed by atoms with E-state index in [1.165, 1.54) is 0 Å². The molecule has 1 aliphatic heterocycles. The molecule has 0 N–H and O–H groups in total. The second-order valence-corrected chi connectivity index (χ2v) is 2.69. The Morgan fingerprint density at radius 1 is 1.36 bits per heavy atom. The van der Waals surface area contributed by atoms with Gasteiger partial charge in [-0.2, -0.15) is 13.2 Å². The summed E-state index contributed by atoms with van der Waals surface area (Å²) < 4.78 is 58.9. The third-order valence-electron chi connectivity index (χ3n) is 1.38. The summed E-state index contributed by atoms with van der Waals surface area (Å²) in [6.45, 7) is 1.41. The van der Waals surface area contributed by atoms with Crippen molar-refractivity contribution in [3.8, 4) is 0 Å². The fraction of sp³-hybridized carbons (Fsp3) is 0.714. The van der Waals surface area contributed by atoms with E-state index >= 15 is 0 Å². The number of rotatable bonds is 3. The molecule has 1 rings (SSSR count). The summed E-state index contributed by atoms with van der Waals surface area (Å²) in [5.74, 6) is 0. The fourth-order valence-corrected chi connectivity index (χ4v) is 0.919. The van der Waals surface area contributed by atoms with Crippen LogP contribution in [0.1, 0.15) is 6.42 Å². The van der Waals surface area contributed by atoms with E-state index in [2.05, 4.69) is 11.5 Å². The third kappa shape index (κ3) is 3.89. The number of hydrogen-bond acceptors (Lipinski definition) is 2. The molecule has 0 bridgehead atoms. The summed E-state index contributed by atoms with van der Waals surface area (Å²) in [7, 11) is 0. The summed E-state index contributed by atoms with van der Waals surface area (Å²) in [5.41, 5.74) is 0. The van der Waals surface area contributed by atoms with Crippen LogP contribution in [0.5, 0.6) is 0 Å². The zero-order valence-corrected chi connectivity index (χ0v) is 6.85. The van der Waals surface area contributed by atoms with Crippen LogP contribution in [0.4, 0.5) is 22.0 Å². The number of halogens is 5. The SMILES string of the molecule is FC(F)CN1[C]C(CC(F)(F)F)N=[C]1. The smallest absolute Gasteiger partial charge is 0.335 e. The highest BCUT2D eigenvalue weighted by atomic mass is 19.4. The standard InChI is InChI=1S/C7H6F5N2/c8-6(9)3-14-2-5(13-4-14)1-7(10,11)12/h5-6H,1,3H2. The number of hydrogen-bond donors (Lipinski definition) is 0. The van der Waals surface area contributed by atoms with Gasteiger partial charge in [-0.15, -0.1) is 0 Å². The molecule has 0 aromatic heterocycles. The van der Waals surface area contributed by atoms with Crippen molar-refractivity contribution in [1.29, 1.82) is 0 Å². The van der Waals surface area contributed by atoms with Gasteiger partial charge in [0, 0.05) is 0 Å². The predicted molar refractivity (Wildman–Crippen MR) is 37.8 cm³/mol. The Kier molecular flexibility index (Phi) is 3.28. The fourth-order valence-electron chi connectivity index (χ4n) is 0.919. The van der Waals surface area contributed by atoms with E-state index < -0.39 is 31.6 Å². The Balaban J connectivity index is 2.32. The molecule has 14 heavy (non-hydrogen) atoms. The van der Waals surface area contributed by atoms with E-state index in [4.69, 9.17) is 0 Å². The summed E-state index contributed by atoms with van der Waals surface area (Å²) in [5, 5.41) is 0. The van der Waals surface area contributed by atoms with Gasteiger partial charge >= 0.3 is 6.18 Å². The molecule has 0 aromatic carbocycles. The minimum Gasteiger partial charge on any atom is -0.335 e. The van der Waals surface area contributed by atoms with E-state index in [-0.39, 0.29) is 0 Å². The van der Waals surface area contributed by atoms with Gasteiger partial charge in [0.25, 0.3) is 6.43 Å². The first-order valence-electron chi connectivity index (χ1n) is 3.71. The van der Waals surface area contributed by atoms with Crippen molar-refractivity contribution in [3.05, 3.63) is 6.54 Å². The van der Waals surface area contributed by atoms with Crippen LogP contribution in [0.15, 0.2) is 4.99 Å². The highest BCUT2D eigenvalue weighted by molar-refractivity contribution is 5.59. The molecule has 0 saturated heterocycles. The van der Waals surface area contributed by atoms with Crippen LogP contribution in [0.25, 0.3) is 0 Å². The second kappa shape index (κ2) is 4.10. The van der Waals surface area contributed by atoms with Gasteiger partial charge in [-0.1, -0.05) is 0 Å². The summed E-state index contributed by atoms with van der Waals surface area (Å²) in [6.07, 6.45) is -6.18. The predicted octanol–water partition coefficient (Wildman–Crippen LogP) is 1.83. The van der Waals surface area contributed by atoms with Gasteiger partial charge in [0.15, 0.2) is 6.34 Å². The lowest BCUT2D eigenvalue weighted by Crippen LogP contribution is -2.26. The minimum absolute atomic E-state index is 0.723. The maximum atomic E-state index is 11.8. The molecular formula is C7H6F5N2. The Hall–Kier alpha value is -0.880. The van der Waals surface area contributed by atoms with Gasteiger partial charge in [-0.05, 0) is 0 Å². The zero-order valence-electron chi connectivity index (χ0n) is 6.85. The van der Waals surface area contributed by atoms with E-state index in [0.717, 1.165) is 4.90 Å². The molecule has 1 unspecified atom stereocenters. The van der Waals surface area contributed by atoms with Crippen LogP contribution in [0.2, 0.25) is 0 Å². The summed E-state index contributed by atoms with van der Waals surface area (Å²) in [4.78, 5) is 3.99. The molecule has 0 spiro atoms. The molecule has 1 atom stereocenters. The van der Waals surface area contributed by atoms with Crippen molar-refractivity contribution in [2.24, 2.45) is 4.99 Å². The molecule has 0 fully saturated rings. The molecule has 1 aliphatic rings. The minimum atomic E-state index is -4.37. The summed E-state index contributed by atoms with van der Waals surface area (Å²) >= 11 is 0. The van der Waals surface area contributed by atoms with Crippen LogP contribution in [0, 0.1) is 6.54 Å². The first kappa shape index (κ1) is 11.2. The molecule has 2 nitrogen and oxygen atoms in total. The Morgan fingerprint density at radius 3 is 2.50 bits per heavy atom. The number of aliphatic imine (C=N–C) groups is 1. The maximum absolute atomic E-state index is 11.8. The lowest BCUT2D eigenvalue weighted by atomic mass is 10.2. The molecule has 0 amide bonds. The molecule has 0 aliphatic carbocycles. The molecule has 7 heteroatoms. The Bertz CT molecular complexity index is 213. The molecule has 3 radical (unpaired) electrons. The quantitative estimate of drug-likeness (QED) is 0.653. The monoisotopic (exact) mass is 213 g/mol. The van der Waals surface area contributed by atoms with Crippen molar-refractivity contribution in [1.82, 2.24) is 4.90 Å². The van der Waals surface area contributed by atoms with E-state index in [1.807, 2.05) is 6.34 Å². The average molecular weight is 213 g/mol. The molecule has 1 heterocycles. The molecular weight excluding hydrogens is 207 g/mol.